The van der Waals surface area contributed by atoms with Gasteiger partial charge in [0.2, 0.25) is 0 Å². The topological polar surface area (TPSA) is 56.7 Å². The first-order valence-corrected chi connectivity index (χ1v) is 8.09. The number of hydrogen-bond acceptors (Lipinski definition) is 2. The number of rotatable bonds is 5. The predicted molar refractivity (Wildman–Crippen MR) is 111 cm³/mol. The molecular weight excluding hydrogens is 432 g/mol. The molecule has 4 nitrogen and oxygen atoms in total. The highest BCUT2D eigenvalue weighted by molar-refractivity contribution is 14.0. The van der Waals surface area contributed by atoms with Gasteiger partial charge in [-0.15, -0.1) is 24.0 Å². The van der Waals surface area contributed by atoms with Crippen molar-refractivity contribution < 1.29 is 9.50 Å². The summed E-state index contributed by atoms with van der Waals surface area (Å²) in [6.45, 7) is 7.21. The summed E-state index contributed by atoms with van der Waals surface area (Å²) in [4.78, 5) is 4.50. The standard InChI is InChI=1S/C19H24FN3O.HI/c1-4-21-19(22-12-15-9-10-18(24)17(20)11-15)23-14(3)16-8-6-5-7-13(16)2;/h5-11,14,24H,4,12H2,1-3H3,(H2,21,22,23);1H. The van der Waals surface area contributed by atoms with Gasteiger partial charge in [0.05, 0.1) is 12.6 Å². The highest BCUT2D eigenvalue weighted by atomic mass is 127. The number of phenolic OH excluding ortho intramolecular Hbond substituents is 1. The summed E-state index contributed by atoms with van der Waals surface area (Å²) in [5.74, 6) is -0.309. The first-order valence-electron chi connectivity index (χ1n) is 8.09. The van der Waals surface area contributed by atoms with E-state index in [-0.39, 0.29) is 35.8 Å². The first-order chi connectivity index (χ1) is 11.5. The van der Waals surface area contributed by atoms with Gasteiger partial charge in [0.25, 0.3) is 0 Å². The van der Waals surface area contributed by atoms with Gasteiger partial charge in [0.15, 0.2) is 17.5 Å². The van der Waals surface area contributed by atoms with Crippen LogP contribution in [-0.2, 0) is 6.54 Å². The Morgan fingerprint density at radius 3 is 2.60 bits per heavy atom. The van der Waals surface area contributed by atoms with Crippen molar-refractivity contribution in [1.82, 2.24) is 10.6 Å². The summed E-state index contributed by atoms with van der Waals surface area (Å²) in [7, 11) is 0. The zero-order valence-electron chi connectivity index (χ0n) is 14.7. The van der Waals surface area contributed by atoms with Gasteiger partial charge >= 0.3 is 0 Å². The van der Waals surface area contributed by atoms with Gasteiger partial charge in [0, 0.05) is 6.54 Å². The number of nitrogens with zero attached hydrogens (tertiary/aromatic N) is 1. The van der Waals surface area contributed by atoms with Crippen LogP contribution in [0.3, 0.4) is 0 Å². The van der Waals surface area contributed by atoms with Crippen LogP contribution in [0.5, 0.6) is 5.75 Å². The number of aryl methyl sites for hydroxylation is 1. The predicted octanol–water partition coefficient (Wildman–Crippen LogP) is 4.27. The van der Waals surface area contributed by atoms with Gasteiger partial charge in [-0.05, 0) is 49.6 Å². The molecule has 1 unspecified atom stereocenters. The maximum Gasteiger partial charge on any atom is 0.192 e. The number of benzene rings is 2. The van der Waals surface area contributed by atoms with E-state index in [0.29, 0.717) is 18.1 Å². The van der Waals surface area contributed by atoms with E-state index in [0.717, 1.165) is 6.54 Å². The van der Waals surface area contributed by atoms with Crippen LogP contribution >= 0.6 is 24.0 Å². The molecule has 0 saturated heterocycles. The molecule has 6 heteroatoms. The van der Waals surface area contributed by atoms with Crippen molar-refractivity contribution in [2.75, 3.05) is 6.54 Å². The molecule has 2 aromatic carbocycles. The van der Waals surface area contributed by atoms with Crippen molar-refractivity contribution in [2.45, 2.75) is 33.4 Å². The van der Waals surface area contributed by atoms with E-state index >= 15 is 0 Å². The van der Waals surface area contributed by atoms with E-state index in [1.54, 1.807) is 6.07 Å². The lowest BCUT2D eigenvalue weighted by Gasteiger charge is -2.19. The Labute approximate surface area is 165 Å². The van der Waals surface area contributed by atoms with Crippen LogP contribution < -0.4 is 10.6 Å². The summed E-state index contributed by atoms with van der Waals surface area (Å²) in [6, 6.07) is 12.6. The van der Waals surface area contributed by atoms with Crippen LogP contribution in [0.15, 0.2) is 47.5 Å². The minimum atomic E-state index is -0.631. The molecule has 0 aliphatic heterocycles. The van der Waals surface area contributed by atoms with Crippen molar-refractivity contribution in [3.8, 4) is 5.75 Å². The minimum Gasteiger partial charge on any atom is -0.505 e. The zero-order chi connectivity index (χ0) is 17.5. The number of hydrogen-bond donors (Lipinski definition) is 3. The molecule has 0 heterocycles. The van der Waals surface area contributed by atoms with E-state index in [4.69, 9.17) is 0 Å². The summed E-state index contributed by atoms with van der Waals surface area (Å²) in [5.41, 5.74) is 3.12. The van der Waals surface area contributed by atoms with Crippen LogP contribution in [0.4, 0.5) is 4.39 Å². The highest BCUT2D eigenvalue weighted by Crippen LogP contribution is 2.18. The molecule has 0 saturated carbocycles. The summed E-state index contributed by atoms with van der Waals surface area (Å²) in [6.07, 6.45) is 0. The molecular formula is C19H25FIN3O. The Bertz CT molecular complexity index is 722. The van der Waals surface area contributed by atoms with Crippen LogP contribution in [-0.4, -0.2) is 17.6 Å². The number of phenols is 1. The third-order valence-electron chi connectivity index (χ3n) is 3.78. The van der Waals surface area contributed by atoms with Gasteiger partial charge in [-0.2, -0.15) is 0 Å². The molecule has 0 amide bonds. The SMILES string of the molecule is CCNC(=NCc1ccc(O)c(F)c1)NC(C)c1ccccc1C.I. The molecule has 0 fully saturated rings. The van der Waals surface area contributed by atoms with Crippen molar-refractivity contribution in [3.05, 3.63) is 65.0 Å². The van der Waals surface area contributed by atoms with Crippen molar-refractivity contribution in [2.24, 2.45) is 4.99 Å². The Kier molecular flexibility index (Phi) is 8.68. The number of aliphatic imine (C=N–C) groups is 1. The second kappa shape index (κ2) is 10.2. The van der Waals surface area contributed by atoms with E-state index in [1.807, 2.05) is 19.1 Å². The van der Waals surface area contributed by atoms with Crippen molar-refractivity contribution in [1.29, 1.82) is 0 Å². The van der Waals surface area contributed by atoms with Crippen molar-refractivity contribution in [3.63, 3.8) is 0 Å². The summed E-state index contributed by atoms with van der Waals surface area (Å²) < 4.78 is 13.4. The molecule has 2 rings (SSSR count). The Balaban J connectivity index is 0.00000312. The zero-order valence-corrected chi connectivity index (χ0v) is 17.0. The molecule has 3 N–H and O–H groups in total. The molecule has 0 spiro atoms. The molecule has 0 aliphatic carbocycles. The van der Waals surface area contributed by atoms with Crippen LogP contribution in [0.2, 0.25) is 0 Å². The van der Waals surface area contributed by atoms with E-state index in [9.17, 15) is 9.50 Å². The van der Waals surface area contributed by atoms with E-state index in [2.05, 4.69) is 41.6 Å². The fourth-order valence-corrected chi connectivity index (χ4v) is 2.49. The minimum absolute atomic E-state index is 0. The quantitative estimate of drug-likeness (QED) is 0.357. The Morgan fingerprint density at radius 1 is 1.24 bits per heavy atom. The fourth-order valence-electron chi connectivity index (χ4n) is 2.49. The first kappa shape index (κ1) is 21.2. The fraction of sp³-hybridized carbons (Fsp3) is 0.316. The molecule has 136 valence electrons. The number of nitrogens with one attached hydrogen (secondary N) is 2. The lowest BCUT2D eigenvalue weighted by atomic mass is 10.0. The third-order valence-corrected chi connectivity index (χ3v) is 3.78. The summed E-state index contributed by atoms with van der Waals surface area (Å²) in [5, 5.41) is 15.8. The maximum absolute atomic E-state index is 13.4. The lowest BCUT2D eigenvalue weighted by molar-refractivity contribution is 0.432. The molecule has 0 bridgehead atoms. The molecule has 25 heavy (non-hydrogen) atoms. The monoisotopic (exact) mass is 457 g/mol. The largest absolute Gasteiger partial charge is 0.505 e. The van der Waals surface area contributed by atoms with Crippen LogP contribution in [0.25, 0.3) is 0 Å². The van der Waals surface area contributed by atoms with Crippen LogP contribution in [0, 0.1) is 12.7 Å². The Morgan fingerprint density at radius 2 is 1.96 bits per heavy atom. The van der Waals surface area contributed by atoms with Crippen LogP contribution in [0.1, 0.15) is 36.6 Å². The Hall–Kier alpha value is -1.83. The van der Waals surface area contributed by atoms with Crippen molar-refractivity contribution >= 4 is 29.9 Å². The van der Waals surface area contributed by atoms with Gasteiger partial charge in [-0.1, -0.05) is 30.3 Å². The van der Waals surface area contributed by atoms with Gasteiger partial charge in [-0.3, -0.25) is 0 Å². The van der Waals surface area contributed by atoms with Gasteiger partial charge in [-0.25, -0.2) is 9.38 Å². The second-order valence-corrected chi connectivity index (χ2v) is 5.70. The number of halogens is 2. The molecule has 0 aliphatic rings. The second-order valence-electron chi connectivity index (χ2n) is 5.70. The van der Waals surface area contributed by atoms with Gasteiger partial charge < -0.3 is 15.7 Å². The summed E-state index contributed by atoms with van der Waals surface area (Å²) >= 11 is 0. The average Bonchev–Trinajstić information content (AvgIpc) is 2.56. The molecule has 0 aromatic heterocycles. The number of aromatic hydroxyl groups is 1. The average molecular weight is 457 g/mol. The molecule has 2 aromatic rings. The molecule has 1 atom stereocenters. The smallest absolute Gasteiger partial charge is 0.192 e. The van der Waals surface area contributed by atoms with E-state index < -0.39 is 5.82 Å². The van der Waals surface area contributed by atoms with Gasteiger partial charge in [0.1, 0.15) is 0 Å². The lowest BCUT2D eigenvalue weighted by Crippen LogP contribution is -2.38. The molecule has 0 radical (unpaired) electrons. The highest BCUT2D eigenvalue weighted by Gasteiger charge is 2.10. The maximum atomic E-state index is 13.4. The van der Waals surface area contributed by atoms with E-state index in [1.165, 1.54) is 23.3 Å². The third kappa shape index (κ3) is 6.19. The normalized spacial score (nSPS) is 12.2. The number of guanidine groups is 1.